The summed E-state index contributed by atoms with van der Waals surface area (Å²) in [5, 5.41) is 11.2. The number of halogens is 1. The van der Waals surface area contributed by atoms with E-state index in [1.807, 2.05) is 19.0 Å². The molecule has 2 aliphatic heterocycles. The molecule has 168 valence electrons. The van der Waals surface area contributed by atoms with E-state index < -0.39 is 23.5 Å². The van der Waals surface area contributed by atoms with Crippen molar-refractivity contribution >= 4 is 17.4 Å². The number of Topliss-reactive ketones (excluding diaryl/α,β-unsaturated/α-hetero) is 1. The summed E-state index contributed by atoms with van der Waals surface area (Å²) < 4.78 is 20.4. The highest BCUT2D eigenvalue weighted by Gasteiger charge is 2.46. The Kier molecular flexibility index (Phi) is 6.28. The minimum Gasteiger partial charge on any atom is -0.507 e. The first-order chi connectivity index (χ1) is 15.4. The van der Waals surface area contributed by atoms with E-state index in [0.717, 1.165) is 24.2 Å². The number of fused-ring (bicyclic) bond motifs is 1. The molecule has 0 spiro atoms. The van der Waals surface area contributed by atoms with Gasteiger partial charge in [-0.3, -0.25) is 9.59 Å². The normalized spacial score (nSPS) is 19.9. The van der Waals surface area contributed by atoms with Gasteiger partial charge in [-0.15, -0.1) is 0 Å². The van der Waals surface area contributed by atoms with Crippen molar-refractivity contribution < 1.29 is 23.8 Å². The molecule has 0 aromatic heterocycles. The standard InChI is InChI=1S/C25H27FN2O4/c1-27(2)12-6-13-28-22(18-8-3-4-9-19(18)26)21(24(30)25(28)31)23(29)17-10-11-20-16(15-17)7-5-14-32-20/h3-4,8-11,15,22,29H,5-7,12-14H2,1-2H3/b23-21+. The van der Waals surface area contributed by atoms with Crippen molar-refractivity contribution in [3.05, 3.63) is 70.5 Å². The Labute approximate surface area is 186 Å². The molecular weight excluding hydrogens is 411 g/mol. The largest absolute Gasteiger partial charge is 0.507 e. The molecule has 1 atom stereocenters. The fourth-order valence-electron chi connectivity index (χ4n) is 4.35. The topological polar surface area (TPSA) is 70.1 Å². The van der Waals surface area contributed by atoms with Crippen LogP contribution in [0.1, 0.15) is 35.6 Å². The number of nitrogens with zero attached hydrogens (tertiary/aromatic N) is 2. The fraction of sp³-hybridized carbons (Fsp3) is 0.360. The van der Waals surface area contributed by atoms with Gasteiger partial charge in [-0.1, -0.05) is 18.2 Å². The van der Waals surface area contributed by atoms with E-state index in [4.69, 9.17) is 4.74 Å². The van der Waals surface area contributed by atoms with E-state index in [1.165, 1.54) is 11.0 Å². The number of benzene rings is 2. The van der Waals surface area contributed by atoms with Crippen LogP contribution in [0.25, 0.3) is 5.76 Å². The second-order valence-electron chi connectivity index (χ2n) is 8.45. The van der Waals surface area contributed by atoms with Gasteiger partial charge in [-0.2, -0.15) is 0 Å². The lowest BCUT2D eigenvalue weighted by Crippen LogP contribution is -2.32. The molecule has 2 aromatic rings. The maximum absolute atomic E-state index is 14.8. The molecule has 2 heterocycles. The molecule has 1 unspecified atom stereocenters. The van der Waals surface area contributed by atoms with Crippen molar-refractivity contribution in [1.82, 2.24) is 9.80 Å². The molecule has 32 heavy (non-hydrogen) atoms. The van der Waals surface area contributed by atoms with Gasteiger partial charge in [0, 0.05) is 17.7 Å². The molecule has 1 saturated heterocycles. The van der Waals surface area contributed by atoms with E-state index in [9.17, 15) is 19.1 Å². The van der Waals surface area contributed by atoms with Gasteiger partial charge in [0.2, 0.25) is 0 Å². The third kappa shape index (κ3) is 4.12. The molecule has 1 N–H and O–H groups in total. The molecule has 2 aromatic carbocycles. The van der Waals surface area contributed by atoms with Crippen molar-refractivity contribution in [2.24, 2.45) is 0 Å². The van der Waals surface area contributed by atoms with Gasteiger partial charge in [0.15, 0.2) is 0 Å². The van der Waals surface area contributed by atoms with Crippen LogP contribution in [0, 0.1) is 5.82 Å². The number of rotatable bonds is 6. The second kappa shape index (κ2) is 9.12. The van der Waals surface area contributed by atoms with Crippen LogP contribution in [0.4, 0.5) is 4.39 Å². The zero-order chi connectivity index (χ0) is 22.8. The van der Waals surface area contributed by atoms with Crippen LogP contribution in [0.3, 0.4) is 0 Å². The van der Waals surface area contributed by atoms with Crippen LogP contribution >= 0.6 is 0 Å². The van der Waals surface area contributed by atoms with Gasteiger partial charge in [0.05, 0.1) is 18.2 Å². The number of ketones is 1. The highest BCUT2D eigenvalue weighted by molar-refractivity contribution is 6.46. The van der Waals surface area contributed by atoms with Gasteiger partial charge in [0.1, 0.15) is 17.3 Å². The maximum Gasteiger partial charge on any atom is 0.295 e. The SMILES string of the molecule is CN(C)CCCN1C(=O)C(=O)/C(=C(/O)c2ccc3c(c2)CCCO3)C1c1ccccc1F. The number of likely N-dealkylation sites (tertiary alicyclic amines) is 1. The van der Waals surface area contributed by atoms with Crippen molar-refractivity contribution in [2.75, 3.05) is 33.8 Å². The van der Waals surface area contributed by atoms with Crippen LogP contribution in [0.5, 0.6) is 5.75 Å². The predicted molar refractivity (Wildman–Crippen MR) is 119 cm³/mol. The molecule has 7 heteroatoms. The lowest BCUT2D eigenvalue weighted by Gasteiger charge is -2.26. The Morgan fingerprint density at radius 3 is 2.75 bits per heavy atom. The molecule has 1 fully saturated rings. The first-order valence-corrected chi connectivity index (χ1v) is 10.8. The highest BCUT2D eigenvalue weighted by atomic mass is 19.1. The monoisotopic (exact) mass is 438 g/mol. The number of hydrogen-bond acceptors (Lipinski definition) is 5. The number of hydrogen-bond donors (Lipinski definition) is 1. The Balaban J connectivity index is 1.80. The maximum atomic E-state index is 14.8. The molecule has 6 nitrogen and oxygen atoms in total. The third-order valence-corrected chi connectivity index (χ3v) is 5.93. The number of aliphatic hydroxyl groups is 1. The Morgan fingerprint density at radius 1 is 1.22 bits per heavy atom. The number of carbonyl (C=O) groups is 2. The predicted octanol–water partition coefficient (Wildman–Crippen LogP) is 3.52. The average molecular weight is 438 g/mol. The zero-order valence-corrected chi connectivity index (χ0v) is 18.3. The summed E-state index contributed by atoms with van der Waals surface area (Å²) in [6.07, 6.45) is 2.27. The minimum atomic E-state index is -0.981. The third-order valence-electron chi connectivity index (χ3n) is 5.93. The summed E-state index contributed by atoms with van der Waals surface area (Å²) in [6.45, 7) is 1.62. The minimum absolute atomic E-state index is 0.0818. The number of aliphatic hydroxyl groups excluding tert-OH is 1. The first-order valence-electron chi connectivity index (χ1n) is 10.8. The second-order valence-corrected chi connectivity index (χ2v) is 8.45. The summed E-state index contributed by atoms with van der Waals surface area (Å²) in [5.41, 5.74) is 1.46. The van der Waals surface area contributed by atoms with E-state index in [1.54, 1.807) is 36.4 Å². The van der Waals surface area contributed by atoms with Crippen molar-refractivity contribution in [1.29, 1.82) is 0 Å². The molecule has 0 bridgehead atoms. The van der Waals surface area contributed by atoms with Crippen LogP contribution in [0.15, 0.2) is 48.0 Å². The van der Waals surface area contributed by atoms with Gasteiger partial charge in [-0.05, 0) is 69.7 Å². The first kappa shape index (κ1) is 22.0. The van der Waals surface area contributed by atoms with Crippen LogP contribution < -0.4 is 4.74 Å². The Hall–Kier alpha value is -3.19. The van der Waals surface area contributed by atoms with E-state index in [2.05, 4.69) is 0 Å². The Bertz CT molecular complexity index is 1080. The summed E-state index contributed by atoms with van der Waals surface area (Å²) >= 11 is 0. The lowest BCUT2D eigenvalue weighted by molar-refractivity contribution is -0.140. The molecular formula is C25H27FN2O4. The number of aryl methyl sites for hydroxylation is 1. The van der Waals surface area contributed by atoms with Crippen LogP contribution in [0.2, 0.25) is 0 Å². The van der Waals surface area contributed by atoms with Gasteiger partial charge in [-0.25, -0.2) is 4.39 Å². The van der Waals surface area contributed by atoms with Crippen LogP contribution in [-0.4, -0.2) is 60.4 Å². The van der Waals surface area contributed by atoms with Crippen molar-refractivity contribution in [2.45, 2.75) is 25.3 Å². The van der Waals surface area contributed by atoms with Gasteiger partial charge >= 0.3 is 0 Å². The van der Waals surface area contributed by atoms with E-state index in [0.29, 0.717) is 25.1 Å². The molecule has 0 saturated carbocycles. The van der Waals surface area contributed by atoms with Crippen LogP contribution in [-0.2, 0) is 16.0 Å². The summed E-state index contributed by atoms with van der Waals surface area (Å²) in [6, 6.07) is 10.3. The molecule has 0 aliphatic carbocycles. The smallest absolute Gasteiger partial charge is 0.295 e. The average Bonchev–Trinajstić information content (AvgIpc) is 3.03. The molecule has 0 radical (unpaired) electrons. The van der Waals surface area contributed by atoms with E-state index >= 15 is 0 Å². The number of ether oxygens (including phenoxy) is 1. The fourth-order valence-corrected chi connectivity index (χ4v) is 4.35. The summed E-state index contributed by atoms with van der Waals surface area (Å²) in [7, 11) is 3.84. The number of amides is 1. The van der Waals surface area contributed by atoms with Gasteiger partial charge < -0.3 is 19.6 Å². The van der Waals surface area contributed by atoms with Crippen molar-refractivity contribution in [3.8, 4) is 5.75 Å². The summed E-state index contributed by atoms with van der Waals surface area (Å²) in [5.74, 6) is -1.58. The lowest BCUT2D eigenvalue weighted by atomic mass is 9.93. The molecule has 4 rings (SSSR count). The molecule has 1 amide bonds. The highest BCUT2D eigenvalue weighted by Crippen LogP contribution is 2.41. The zero-order valence-electron chi connectivity index (χ0n) is 18.3. The van der Waals surface area contributed by atoms with Gasteiger partial charge in [0.25, 0.3) is 11.7 Å². The van der Waals surface area contributed by atoms with Crippen molar-refractivity contribution in [3.63, 3.8) is 0 Å². The molecule has 2 aliphatic rings. The quantitative estimate of drug-likeness (QED) is 0.425. The number of carbonyl (C=O) groups excluding carboxylic acids is 2. The Morgan fingerprint density at radius 2 is 2.00 bits per heavy atom. The van der Waals surface area contributed by atoms with E-state index in [-0.39, 0.29) is 23.4 Å². The summed E-state index contributed by atoms with van der Waals surface area (Å²) in [4.78, 5) is 29.3.